The van der Waals surface area contributed by atoms with Crippen LogP contribution in [0.1, 0.15) is 28.4 Å². The van der Waals surface area contributed by atoms with E-state index < -0.39 is 17.7 Å². The monoisotopic (exact) mass is 522 g/mol. The number of rotatable bonds is 7. The zero-order valence-corrected chi connectivity index (χ0v) is 20.3. The molecule has 0 spiro atoms. The normalized spacial score (nSPS) is 11.6. The smallest absolute Gasteiger partial charge is 0.416 e. The molecule has 0 amide bonds. The highest BCUT2D eigenvalue weighted by molar-refractivity contribution is 5.88. The molecule has 3 heterocycles. The van der Waals surface area contributed by atoms with Crippen LogP contribution < -0.4 is 4.74 Å². The molecule has 0 saturated carbocycles. The van der Waals surface area contributed by atoms with Gasteiger partial charge in [0.05, 0.1) is 43.8 Å². The number of carbonyl (C=O) groups excluding carboxylic acids is 1. The first-order chi connectivity index (χ1) is 18.3. The van der Waals surface area contributed by atoms with Crippen LogP contribution >= 0.6 is 0 Å². The summed E-state index contributed by atoms with van der Waals surface area (Å²) in [6.07, 6.45) is -0.0514. The van der Waals surface area contributed by atoms with Gasteiger partial charge in [0, 0.05) is 6.20 Å². The number of benzene rings is 2. The van der Waals surface area contributed by atoms with Gasteiger partial charge in [0.15, 0.2) is 0 Å². The molecule has 0 atom stereocenters. The van der Waals surface area contributed by atoms with Gasteiger partial charge < -0.3 is 9.47 Å². The number of aromatic nitrogens is 6. The van der Waals surface area contributed by atoms with Crippen molar-refractivity contribution in [3.05, 3.63) is 83.8 Å². The molecule has 2 aromatic carbocycles. The number of fused-ring (bicyclic) bond motifs is 1. The van der Waals surface area contributed by atoms with Gasteiger partial charge in [-0.05, 0) is 41.8 Å². The van der Waals surface area contributed by atoms with Crippen molar-refractivity contribution in [1.82, 2.24) is 29.5 Å². The highest BCUT2D eigenvalue weighted by Crippen LogP contribution is 2.32. The first kappa shape index (κ1) is 24.9. The third-order valence-electron chi connectivity index (χ3n) is 5.72. The molecule has 5 aromatic rings. The first-order valence-corrected chi connectivity index (χ1v) is 11.5. The molecule has 0 unspecified atom stereocenters. The Hall–Kier alpha value is -4.74. The molecule has 3 aromatic heterocycles. The second-order valence-corrected chi connectivity index (χ2v) is 8.24. The second kappa shape index (κ2) is 9.96. The second-order valence-electron chi connectivity index (χ2n) is 8.24. The minimum Gasteiger partial charge on any atom is -0.479 e. The fraction of sp³-hybridized carbons (Fsp3) is 0.192. The van der Waals surface area contributed by atoms with E-state index in [0.29, 0.717) is 28.7 Å². The predicted molar refractivity (Wildman–Crippen MR) is 131 cm³/mol. The van der Waals surface area contributed by atoms with Crippen molar-refractivity contribution in [3.8, 4) is 23.0 Å². The number of ether oxygens (including phenoxy) is 2. The van der Waals surface area contributed by atoms with Gasteiger partial charge in [0.25, 0.3) is 5.95 Å². The fourth-order valence-electron chi connectivity index (χ4n) is 3.97. The quantitative estimate of drug-likeness (QED) is 0.280. The van der Waals surface area contributed by atoms with Crippen molar-refractivity contribution in [1.29, 1.82) is 0 Å². The first-order valence-electron chi connectivity index (χ1n) is 11.5. The van der Waals surface area contributed by atoms with E-state index in [4.69, 9.17) is 9.47 Å². The number of carbonyl (C=O) groups is 1. The van der Waals surface area contributed by atoms with Gasteiger partial charge in [0.1, 0.15) is 11.0 Å². The number of hydrogen-bond donors (Lipinski definition) is 0. The Kier molecular flexibility index (Phi) is 6.53. The third kappa shape index (κ3) is 4.92. The Morgan fingerprint density at radius 3 is 2.50 bits per heavy atom. The summed E-state index contributed by atoms with van der Waals surface area (Å²) in [4.78, 5) is 20.9. The highest BCUT2D eigenvalue weighted by Gasteiger charge is 2.30. The molecule has 0 saturated heterocycles. The van der Waals surface area contributed by atoms with Crippen LogP contribution in [0.2, 0.25) is 0 Å². The van der Waals surface area contributed by atoms with Gasteiger partial charge in [-0.1, -0.05) is 30.3 Å². The van der Waals surface area contributed by atoms with Crippen LogP contribution in [-0.4, -0.2) is 49.2 Å². The molecule has 0 fully saturated rings. The van der Waals surface area contributed by atoms with Gasteiger partial charge in [-0.15, -0.1) is 0 Å². The van der Waals surface area contributed by atoms with Crippen LogP contribution in [0.25, 0.3) is 28.1 Å². The van der Waals surface area contributed by atoms with E-state index in [-0.39, 0.29) is 24.0 Å². The molecule has 0 bridgehead atoms. The van der Waals surface area contributed by atoms with E-state index in [2.05, 4.69) is 20.2 Å². The lowest BCUT2D eigenvalue weighted by Crippen LogP contribution is -2.07. The van der Waals surface area contributed by atoms with Crippen molar-refractivity contribution < 1.29 is 27.4 Å². The van der Waals surface area contributed by atoms with Crippen molar-refractivity contribution in [3.63, 3.8) is 0 Å². The Morgan fingerprint density at radius 1 is 1.00 bits per heavy atom. The molecule has 38 heavy (non-hydrogen) atoms. The molecule has 12 heteroatoms. The maximum Gasteiger partial charge on any atom is 0.416 e. The van der Waals surface area contributed by atoms with Crippen LogP contribution in [0, 0.1) is 0 Å². The molecule has 0 aliphatic heterocycles. The summed E-state index contributed by atoms with van der Waals surface area (Å²) in [6.45, 7) is 2.25. The van der Waals surface area contributed by atoms with E-state index in [0.717, 1.165) is 17.7 Å². The Bertz CT molecular complexity index is 1630. The lowest BCUT2D eigenvalue weighted by molar-refractivity contribution is -0.137. The maximum atomic E-state index is 13.2. The number of esters is 1. The summed E-state index contributed by atoms with van der Waals surface area (Å²) in [5, 5.41) is 8.57. The van der Waals surface area contributed by atoms with Crippen LogP contribution in [0.4, 0.5) is 13.2 Å². The topological polar surface area (TPSA) is 97.0 Å². The summed E-state index contributed by atoms with van der Waals surface area (Å²) in [5.41, 5.74) is 2.47. The van der Waals surface area contributed by atoms with Gasteiger partial charge in [-0.2, -0.15) is 28.4 Å². The number of nitrogens with zero attached hydrogens (tertiary/aromatic N) is 6. The molecule has 194 valence electrons. The van der Waals surface area contributed by atoms with E-state index in [1.54, 1.807) is 36.0 Å². The van der Waals surface area contributed by atoms with Crippen molar-refractivity contribution in [2.75, 3.05) is 13.7 Å². The van der Waals surface area contributed by atoms with E-state index >= 15 is 0 Å². The average molecular weight is 522 g/mol. The molecule has 0 aliphatic carbocycles. The minimum atomic E-state index is -4.42. The summed E-state index contributed by atoms with van der Waals surface area (Å²) in [6, 6.07) is 12.4. The van der Waals surface area contributed by atoms with Gasteiger partial charge in [-0.3, -0.25) is 4.68 Å². The molecular formula is C26H21F3N6O3. The van der Waals surface area contributed by atoms with Crippen LogP contribution in [0.5, 0.6) is 5.88 Å². The number of hydrogen-bond acceptors (Lipinski definition) is 7. The summed E-state index contributed by atoms with van der Waals surface area (Å²) >= 11 is 0. The van der Waals surface area contributed by atoms with Crippen LogP contribution in [-0.2, 0) is 17.5 Å². The predicted octanol–water partition coefficient (Wildman–Crippen LogP) is 4.93. The van der Waals surface area contributed by atoms with Crippen molar-refractivity contribution in [2.45, 2.75) is 19.6 Å². The lowest BCUT2D eigenvalue weighted by atomic mass is 10.0. The number of halogens is 3. The van der Waals surface area contributed by atoms with Crippen LogP contribution in [0.3, 0.4) is 0 Å². The zero-order valence-electron chi connectivity index (χ0n) is 20.3. The Balaban J connectivity index is 1.46. The van der Waals surface area contributed by atoms with E-state index in [1.165, 1.54) is 30.3 Å². The summed E-state index contributed by atoms with van der Waals surface area (Å²) in [5.74, 6) is -0.0901. The average Bonchev–Trinajstić information content (AvgIpc) is 3.56. The van der Waals surface area contributed by atoms with Gasteiger partial charge in [0.2, 0.25) is 5.88 Å². The van der Waals surface area contributed by atoms with Crippen molar-refractivity contribution in [2.24, 2.45) is 0 Å². The van der Waals surface area contributed by atoms with Crippen molar-refractivity contribution >= 4 is 17.0 Å². The Morgan fingerprint density at radius 2 is 1.76 bits per heavy atom. The molecule has 5 rings (SSSR count). The molecule has 0 N–H and O–H groups in total. The SMILES string of the molecule is CCOC(=O)c1cnn(-c2nc(OC)c3c(cnn3Cc3cccc(-c4cccc(C(F)(F)F)c4)c3)n2)c1. The molecule has 0 aliphatic rings. The molecule has 0 radical (unpaired) electrons. The van der Waals surface area contributed by atoms with Gasteiger partial charge >= 0.3 is 12.1 Å². The van der Waals surface area contributed by atoms with E-state index in [9.17, 15) is 18.0 Å². The maximum absolute atomic E-state index is 13.2. The van der Waals surface area contributed by atoms with Crippen LogP contribution in [0.15, 0.2) is 67.1 Å². The number of methoxy groups -OCH3 is 1. The largest absolute Gasteiger partial charge is 0.479 e. The van der Waals surface area contributed by atoms with E-state index in [1.807, 2.05) is 12.1 Å². The highest BCUT2D eigenvalue weighted by atomic mass is 19.4. The molecule has 9 nitrogen and oxygen atoms in total. The minimum absolute atomic E-state index is 0.177. The van der Waals surface area contributed by atoms with Gasteiger partial charge in [-0.25, -0.2) is 14.5 Å². The summed E-state index contributed by atoms with van der Waals surface area (Å²) in [7, 11) is 1.46. The Labute approximate surface area is 214 Å². The number of alkyl halides is 3. The third-order valence-corrected chi connectivity index (χ3v) is 5.72. The standard InChI is InChI=1S/C26H21F3N6O3/c1-3-38-24(36)19-12-30-35(15-19)25-32-21-13-31-34(22(21)23(33-25)37-2)14-16-6-4-7-17(10-16)18-8-5-9-20(11-18)26(27,28)29/h4-13,15H,3,14H2,1-2H3. The molecular weight excluding hydrogens is 501 g/mol. The fourth-order valence-corrected chi connectivity index (χ4v) is 3.97. The summed E-state index contributed by atoms with van der Waals surface area (Å²) < 4.78 is 53.0. The zero-order chi connectivity index (χ0) is 26.9. The lowest BCUT2D eigenvalue weighted by Gasteiger charge is -2.11.